The van der Waals surface area contributed by atoms with Gasteiger partial charge in [-0.2, -0.15) is 0 Å². The highest BCUT2D eigenvalue weighted by molar-refractivity contribution is 6.05. The first-order valence-electron chi connectivity index (χ1n) is 9.72. The van der Waals surface area contributed by atoms with Crippen molar-refractivity contribution in [2.45, 2.75) is 27.1 Å². The second kappa shape index (κ2) is 8.80. The summed E-state index contributed by atoms with van der Waals surface area (Å²) in [6.45, 7) is 4.73. The Morgan fingerprint density at radius 2 is 1.97 bits per heavy atom. The minimum atomic E-state index is -0.154. The number of aromatic nitrogens is 2. The van der Waals surface area contributed by atoms with E-state index in [1.54, 1.807) is 12.5 Å². The van der Waals surface area contributed by atoms with Gasteiger partial charge in [0.15, 0.2) is 0 Å². The number of rotatable bonds is 7. The number of amides is 1. The van der Waals surface area contributed by atoms with Gasteiger partial charge in [-0.1, -0.05) is 18.2 Å². The van der Waals surface area contributed by atoms with Gasteiger partial charge < -0.3 is 19.0 Å². The van der Waals surface area contributed by atoms with Gasteiger partial charge in [0, 0.05) is 23.3 Å². The number of carbonyl (C=O) groups excluding carboxylic acids is 1. The Bertz CT molecular complexity index is 1130. The minimum Gasteiger partial charge on any atom is -0.467 e. The van der Waals surface area contributed by atoms with Gasteiger partial charge in [-0.3, -0.25) is 4.79 Å². The van der Waals surface area contributed by atoms with Crippen LogP contribution in [0.4, 0.5) is 5.69 Å². The number of hydrogen-bond donors (Lipinski definition) is 1. The van der Waals surface area contributed by atoms with E-state index in [-0.39, 0.29) is 5.91 Å². The molecule has 0 radical (unpaired) electrons. The molecule has 30 heavy (non-hydrogen) atoms. The maximum Gasteiger partial charge on any atom is 0.257 e. The number of anilines is 1. The van der Waals surface area contributed by atoms with Gasteiger partial charge in [-0.05, 0) is 61.9 Å². The quantitative estimate of drug-likeness (QED) is 0.470. The smallest absolute Gasteiger partial charge is 0.257 e. The monoisotopic (exact) mass is 401 g/mol. The molecule has 6 heteroatoms. The van der Waals surface area contributed by atoms with Crippen molar-refractivity contribution in [1.29, 1.82) is 0 Å². The Hall–Kier alpha value is -3.64. The maximum absolute atomic E-state index is 12.9. The molecule has 1 N–H and O–H groups in total. The fourth-order valence-electron chi connectivity index (χ4n) is 3.43. The van der Waals surface area contributed by atoms with E-state index < -0.39 is 0 Å². The lowest BCUT2D eigenvalue weighted by atomic mass is 10.2. The van der Waals surface area contributed by atoms with Crippen LogP contribution in [0, 0.1) is 13.8 Å². The zero-order valence-corrected chi connectivity index (χ0v) is 17.0. The third kappa shape index (κ3) is 4.34. The molecular formula is C24H23N3O3. The molecule has 0 saturated heterocycles. The van der Waals surface area contributed by atoms with E-state index in [2.05, 4.69) is 10.3 Å². The third-order valence-electron chi connectivity index (χ3n) is 4.83. The molecule has 0 spiro atoms. The summed E-state index contributed by atoms with van der Waals surface area (Å²) >= 11 is 0. The Labute approximate surface area is 175 Å². The second-order valence-electron chi connectivity index (χ2n) is 7.03. The maximum atomic E-state index is 12.9. The topological polar surface area (TPSA) is 69.3 Å². The standard InChI is InChI=1S/C24H23N3O3/c1-17-13-22(18(2)27(17)23-10-3-4-11-25-23)24(28)26-20-8-5-7-19(14-20)15-29-16-21-9-6-12-30-21/h3-14H,15-16H2,1-2H3,(H,26,28). The molecule has 0 aliphatic heterocycles. The number of ether oxygens (including phenoxy) is 1. The van der Waals surface area contributed by atoms with Crippen molar-refractivity contribution in [2.75, 3.05) is 5.32 Å². The summed E-state index contributed by atoms with van der Waals surface area (Å²) in [4.78, 5) is 17.3. The highest BCUT2D eigenvalue weighted by Gasteiger charge is 2.17. The third-order valence-corrected chi connectivity index (χ3v) is 4.83. The number of aryl methyl sites for hydroxylation is 1. The lowest BCUT2D eigenvalue weighted by Crippen LogP contribution is -2.13. The van der Waals surface area contributed by atoms with E-state index in [0.29, 0.717) is 18.8 Å². The molecule has 0 aliphatic rings. The van der Waals surface area contributed by atoms with Crippen molar-refractivity contribution in [1.82, 2.24) is 9.55 Å². The SMILES string of the molecule is Cc1cc(C(=O)Nc2cccc(COCc3ccco3)c2)c(C)n1-c1ccccn1. The Morgan fingerprint density at radius 3 is 2.73 bits per heavy atom. The van der Waals surface area contributed by atoms with Crippen LogP contribution in [0.25, 0.3) is 5.82 Å². The molecule has 1 aromatic carbocycles. The minimum absolute atomic E-state index is 0.154. The second-order valence-corrected chi connectivity index (χ2v) is 7.03. The molecule has 3 aromatic heterocycles. The summed E-state index contributed by atoms with van der Waals surface area (Å²) in [5.41, 5.74) is 4.12. The van der Waals surface area contributed by atoms with Gasteiger partial charge in [0.1, 0.15) is 18.2 Å². The fraction of sp³-hybridized carbons (Fsp3) is 0.167. The Kier molecular flexibility index (Phi) is 5.77. The summed E-state index contributed by atoms with van der Waals surface area (Å²) in [6.07, 6.45) is 3.37. The zero-order chi connectivity index (χ0) is 20.9. The highest BCUT2D eigenvalue weighted by Crippen LogP contribution is 2.21. The highest BCUT2D eigenvalue weighted by atomic mass is 16.5. The molecule has 0 aliphatic carbocycles. The fourth-order valence-corrected chi connectivity index (χ4v) is 3.43. The van der Waals surface area contributed by atoms with Crippen LogP contribution in [0.5, 0.6) is 0 Å². The van der Waals surface area contributed by atoms with Gasteiger partial charge in [-0.25, -0.2) is 4.98 Å². The first kappa shape index (κ1) is 19.7. The van der Waals surface area contributed by atoms with Crippen molar-refractivity contribution >= 4 is 11.6 Å². The predicted molar refractivity (Wildman–Crippen MR) is 115 cm³/mol. The van der Waals surface area contributed by atoms with Crippen LogP contribution in [0.2, 0.25) is 0 Å². The van der Waals surface area contributed by atoms with E-state index in [0.717, 1.165) is 34.2 Å². The average Bonchev–Trinajstić information content (AvgIpc) is 3.36. The Morgan fingerprint density at radius 1 is 1.07 bits per heavy atom. The van der Waals surface area contributed by atoms with E-state index in [1.165, 1.54) is 0 Å². The molecule has 0 unspecified atom stereocenters. The lowest BCUT2D eigenvalue weighted by molar-refractivity contribution is 0.0929. The lowest BCUT2D eigenvalue weighted by Gasteiger charge is -2.10. The number of furan rings is 1. The van der Waals surface area contributed by atoms with Crippen molar-refractivity contribution < 1.29 is 13.9 Å². The molecule has 0 atom stereocenters. The molecule has 0 fully saturated rings. The molecule has 1 amide bonds. The number of pyridine rings is 1. The summed E-state index contributed by atoms with van der Waals surface area (Å²) in [7, 11) is 0. The van der Waals surface area contributed by atoms with Crippen molar-refractivity contribution in [3.63, 3.8) is 0 Å². The molecular weight excluding hydrogens is 378 g/mol. The average molecular weight is 401 g/mol. The number of nitrogens with zero attached hydrogens (tertiary/aromatic N) is 2. The van der Waals surface area contributed by atoms with Crippen molar-refractivity contribution in [2.24, 2.45) is 0 Å². The van der Waals surface area contributed by atoms with Gasteiger partial charge in [0.25, 0.3) is 5.91 Å². The van der Waals surface area contributed by atoms with Gasteiger partial charge in [-0.15, -0.1) is 0 Å². The molecule has 0 bridgehead atoms. The van der Waals surface area contributed by atoms with Crippen molar-refractivity contribution in [3.05, 3.63) is 101 Å². The summed E-state index contributed by atoms with van der Waals surface area (Å²) in [5, 5.41) is 2.99. The number of carbonyl (C=O) groups is 1. The van der Waals surface area contributed by atoms with Crippen LogP contribution in [-0.4, -0.2) is 15.5 Å². The van der Waals surface area contributed by atoms with E-state index in [4.69, 9.17) is 9.15 Å². The molecule has 152 valence electrons. The van der Waals surface area contributed by atoms with Gasteiger partial charge in [0.2, 0.25) is 0 Å². The number of hydrogen-bond acceptors (Lipinski definition) is 4. The predicted octanol–water partition coefficient (Wildman–Crippen LogP) is 5.05. The molecule has 6 nitrogen and oxygen atoms in total. The number of benzene rings is 1. The van der Waals surface area contributed by atoms with Crippen LogP contribution >= 0.6 is 0 Å². The molecule has 3 heterocycles. The van der Waals surface area contributed by atoms with E-state index in [1.807, 2.05) is 79.1 Å². The zero-order valence-electron chi connectivity index (χ0n) is 17.0. The van der Waals surface area contributed by atoms with E-state index >= 15 is 0 Å². The largest absolute Gasteiger partial charge is 0.467 e. The normalized spacial score (nSPS) is 10.9. The van der Waals surface area contributed by atoms with Crippen molar-refractivity contribution in [3.8, 4) is 5.82 Å². The van der Waals surface area contributed by atoms with Crippen LogP contribution in [-0.2, 0) is 18.0 Å². The van der Waals surface area contributed by atoms with E-state index in [9.17, 15) is 4.79 Å². The Balaban J connectivity index is 1.45. The summed E-state index contributed by atoms with van der Waals surface area (Å²) in [5.74, 6) is 1.42. The first-order chi connectivity index (χ1) is 14.6. The van der Waals surface area contributed by atoms with Crippen LogP contribution < -0.4 is 5.32 Å². The molecule has 0 saturated carbocycles. The summed E-state index contributed by atoms with van der Waals surface area (Å²) in [6, 6.07) is 19.0. The van der Waals surface area contributed by atoms with Gasteiger partial charge in [0.05, 0.1) is 18.4 Å². The molecule has 4 rings (SSSR count). The summed E-state index contributed by atoms with van der Waals surface area (Å²) < 4.78 is 12.9. The molecule has 4 aromatic rings. The van der Waals surface area contributed by atoms with Crippen LogP contribution in [0.3, 0.4) is 0 Å². The first-order valence-corrected chi connectivity index (χ1v) is 9.72. The van der Waals surface area contributed by atoms with Gasteiger partial charge >= 0.3 is 0 Å². The van der Waals surface area contributed by atoms with Crippen LogP contribution in [0.1, 0.15) is 33.1 Å². The number of nitrogens with one attached hydrogen (secondary N) is 1. The van der Waals surface area contributed by atoms with Crippen LogP contribution in [0.15, 0.2) is 77.5 Å².